The molecular formula is C16H21N3OS. The van der Waals surface area contributed by atoms with Gasteiger partial charge in [-0.2, -0.15) is 0 Å². The Labute approximate surface area is 129 Å². The van der Waals surface area contributed by atoms with E-state index in [0.717, 1.165) is 22.0 Å². The summed E-state index contributed by atoms with van der Waals surface area (Å²) in [6.07, 6.45) is 0. The number of carbonyl (C=O) groups excluding carboxylic acids is 1. The van der Waals surface area contributed by atoms with Gasteiger partial charge in [0.15, 0.2) is 5.13 Å². The standard InChI is InChI=1S/C16H21N3OS/c1-11(20)17-9-12-5-7-13(8-6-12)14-10-21-15(18-14)19-16(2,3)4/h5-8,10H,9H2,1-4H3,(H,17,20)(H,18,19). The van der Waals surface area contributed by atoms with Crippen LogP contribution < -0.4 is 10.6 Å². The van der Waals surface area contributed by atoms with E-state index in [-0.39, 0.29) is 11.4 Å². The number of thiazole rings is 1. The minimum atomic E-state index is -0.0172. The van der Waals surface area contributed by atoms with Crippen molar-refractivity contribution in [3.63, 3.8) is 0 Å². The molecule has 0 spiro atoms. The molecule has 1 aromatic heterocycles. The lowest BCUT2D eigenvalue weighted by atomic mass is 10.1. The predicted octanol–water partition coefficient (Wildman–Crippen LogP) is 3.66. The van der Waals surface area contributed by atoms with Crippen LogP contribution in [0.5, 0.6) is 0 Å². The lowest BCUT2D eigenvalue weighted by Crippen LogP contribution is -2.25. The van der Waals surface area contributed by atoms with Crippen LogP contribution in [-0.4, -0.2) is 16.4 Å². The maximum Gasteiger partial charge on any atom is 0.217 e. The third-order valence-electron chi connectivity index (χ3n) is 2.78. The van der Waals surface area contributed by atoms with E-state index in [9.17, 15) is 4.79 Å². The predicted molar refractivity (Wildman–Crippen MR) is 88.4 cm³/mol. The van der Waals surface area contributed by atoms with E-state index < -0.39 is 0 Å². The van der Waals surface area contributed by atoms with Gasteiger partial charge in [-0.15, -0.1) is 11.3 Å². The topological polar surface area (TPSA) is 54.0 Å². The zero-order valence-electron chi connectivity index (χ0n) is 12.9. The molecular weight excluding hydrogens is 282 g/mol. The van der Waals surface area contributed by atoms with Crippen molar-refractivity contribution < 1.29 is 4.79 Å². The molecule has 0 aliphatic carbocycles. The summed E-state index contributed by atoms with van der Waals surface area (Å²) in [6, 6.07) is 8.10. The van der Waals surface area contributed by atoms with Crippen LogP contribution in [0.2, 0.25) is 0 Å². The monoisotopic (exact) mass is 303 g/mol. The van der Waals surface area contributed by atoms with Crippen molar-refractivity contribution in [3.8, 4) is 11.3 Å². The molecule has 1 heterocycles. The van der Waals surface area contributed by atoms with Crippen LogP contribution in [0.4, 0.5) is 5.13 Å². The van der Waals surface area contributed by atoms with E-state index in [1.54, 1.807) is 11.3 Å². The molecule has 0 bridgehead atoms. The highest BCUT2D eigenvalue weighted by molar-refractivity contribution is 7.14. The van der Waals surface area contributed by atoms with Crippen molar-refractivity contribution in [2.45, 2.75) is 39.8 Å². The Morgan fingerprint density at radius 2 is 1.90 bits per heavy atom. The summed E-state index contributed by atoms with van der Waals surface area (Å²) in [5.41, 5.74) is 3.15. The maximum absolute atomic E-state index is 10.9. The van der Waals surface area contributed by atoms with Gasteiger partial charge in [-0.1, -0.05) is 24.3 Å². The van der Waals surface area contributed by atoms with Crippen LogP contribution in [0, 0.1) is 0 Å². The van der Waals surface area contributed by atoms with Crippen LogP contribution in [0.25, 0.3) is 11.3 Å². The third kappa shape index (κ3) is 4.86. The van der Waals surface area contributed by atoms with Gasteiger partial charge in [0.05, 0.1) is 5.69 Å². The number of hydrogen-bond acceptors (Lipinski definition) is 4. The Balaban J connectivity index is 2.07. The summed E-state index contributed by atoms with van der Waals surface area (Å²) >= 11 is 1.61. The van der Waals surface area contributed by atoms with Gasteiger partial charge >= 0.3 is 0 Å². The molecule has 2 aromatic rings. The first-order chi connectivity index (χ1) is 9.83. The van der Waals surface area contributed by atoms with E-state index in [1.807, 2.05) is 24.3 Å². The highest BCUT2D eigenvalue weighted by atomic mass is 32.1. The molecule has 0 aliphatic rings. The maximum atomic E-state index is 10.9. The second-order valence-corrected chi connectivity index (χ2v) is 6.88. The van der Waals surface area contributed by atoms with Crippen molar-refractivity contribution in [3.05, 3.63) is 35.2 Å². The Kier molecular flexibility index (Phi) is 4.63. The molecule has 5 heteroatoms. The first kappa shape index (κ1) is 15.5. The summed E-state index contributed by atoms with van der Waals surface area (Å²) in [5.74, 6) is -0.0172. The largest absolute Gasteiger partial charge is 0.357 e. The molecule has 112 valence electrons. The fraction of sp³-hybridized carbons (Fsp3) is 0.375. The Morgan fingerprint density at radius 1 is 1.24 bits per heavy atom. The summed E-state index contributed by atoms with van der Waals surface area (Å²) in [4.78, 5) is 15.5. The fourth-order valence-electron chi connectivity index (χ4n) is 1.80. The molecule has 0 saturated heterocycles. The first-order valence-corrected chi connectivity index (χ1v) is 7.79. The number of benzene rings is 1. The van der Waals surface area contributed by atoms with Crippen LogP contribution in [0.3, 0.4) is 0 Å². The highest BCUT2D eigenvalue weighted by Gasteiger charge is 2.12. The van der Waals surface area contributed by atoms with Gasteiger partial charge in [0.25, 0.3) is 0 Å². The average Bonchev–Trinajstić information content (AvgIpc) is 2.83. The summed E-state index contributed by atoms with van der Waals surface area (Å²) in [6.45, 7) is 8.43. The molecule has 2 rings (SSSR count). The van der Waals surface area contributed by atoms with Gasteiger partial charge in [-0.3, -0.25) is 4.79 Å². The normalized spacial score (nSPS) is 11.2. The molecule has 0 saturated carbocycles. The quantitative estimate of drug-likeness (QED) is 0.906. The Bertz CT molecular complexity index is 611. The molecule has 0 unspecified atom stereocenters. The lowest BCUT2D eigenvalue weighted by Gasteiger charge is -2.19. The second-order valence-electron chi connectivity index (χ2n) is 6.02. The van der Waals surface area contributed by atoms with Gasteiger partial charge in [0.1, 0.15) is 0 Å². The minimum Gasteiger partial charge on any atom is -0.357 e. The van der Waals surface area contributed by atoms with Crippen molar-refractivity contribution in [1.82, 2.24) is 10.3 Å². The molecule has 0 radical (unpaired) electrons. The number of amides is 1. The first-order valence-electron chi connectivity index (χ1n) is 6.91. The summed E-state index contributed by atoms with van der Waals surface area (Å²) in [7, 11) is 0. The fourth-order valence-corrected chi connectivity index (χ4v) is 2.73. The third-order valence-corrected chi connectivity index (χ3v) is 3.53. The van der Waals surface area contributed by atoms with Gasteiger partial charge in [0, 0.05) is 30.0 Å². The van der Waals surface area contributed by atoms with Gasteiger partial charge in [-0.05, 0) is 26.3 Å². The number of carbonyl (C=O) groups is 1. The highest BCUT2D eigenvalue weighted by Crippen LogP contribution is 2.26. The van der Waals surface area contributed by atoms with Crippen LogP contribution in [-0.2, 0) is 11.3 Å². The zero-order chi connectivity index (χ0) is 15.5. The average molecular weight is 303 g/mol. The van der Waals surface area contributed by atoms with Gasteiger partial charge < -0.3 is 10.6 Å². The molecule has 1 amide bonds. The van der Waals surface area contributed by atoms with Crippen molar-refractivity contribution in [2.75, 3.05) is 5.32 Å². The number of nitrogens with zero attached hydrogens (tertiary/aromatic N) is 1. The minimum absolute atomic E-state index is 0.0113. The zero-order valence-corrected chi connectivity index (χ0v) is 13.7. The molecule has 0 atom stereocenters. The van der Waals surface area contributed by atoms with E-state index in [4.69, 9.17) is 0 Å². The van der Waals surface area contributed by atoms with Crippen molar-refractivity contribution in [2.24, 2.45) is 0 Å². The molecule has 4 nitrogen and oxygen atoms in total. The van der Waals surface area contributed by atoms with E-state index in [1.165, 1.54) is 6.92 Å². The molecule has 21 heavy (non-hydrogen) atoms. The van der Waals surface area contributed by atoms with Crippen LogP contribution in [0.1, 0.15) is 33.3 Å². The van der Waals surface area contributed by atoms with Crippen molar-refractivity contribution in [1.29, 1.82) is 0 Å². The molecule has 0 aliphatic heterocycles. The van der Waals surface area contributed by atoms with E-state index in [0.29, 0.717) is 6.54 Å². The molecule has 0 fully saturated rings. The Hall–Kier alpha value is -1.88. The number of nitrogens with one attached hydrogen (secondary N) is 2. The lowest BCUT2D eigenvalue weighted by molar-refractivity contribution is -0.119. The number of hydrogen-bond donors (Lipinski definition) is 2. The van der Waals surface area contributed by atoms with E-state index >= 15 is 0 Å². The summed E-state index contributed by atoms with van der Waals surface area (Å²) < 4.78 is 0. The smallest absolute Gasteiger partial charge is 0.217 e. The van der Waals surface area contributed by atoms with Crippen molar-refractivity contribution >= 4 is 22.4 Å². The number of anilines is 1. The second kappa shape index (κ2) is 6.26. The van der Waals surface area contributed by atoms with Gasteiger partial charge in [-0.25, -0.2) is 4.98 Å². The number of aromatic nitrogens is 1. The van der Waals surface area contributed by atoms with Gasteiger partial charge in [0.2, 0.25) is 5.91 Å². The molecule has 1 aromatic carbocycles. The van der Waals surface area contributed by atoms with Crippen LogP contribution >= 0.6 is 11.3 Å². The SMILES string of the molecule is CC(=O)NCc1ccc(-c2csc(NC(C)(C)C)n2)cc1. The summed E-state index contributed by atoms with van der Waals surface area (Å²) in [5, 5.41) is 9.15. The molecule has 2 N–H and O–H groups in total. The Morgan fingerprint density at radius 3 is 2.48 bits per heavy atom. The van der Waals surface area contributed by atoms with E-state index in [2.05, 4.69) is 41.8 Å². The number of rotatable bonds is 4. The van der Waals surface area contributed by atoms with Crippen LogP contribution in [0.15, 0.2) is 29.6 Å².